The number of unbranched alkanes of at least 4 members (excludes halogenated alkanes) is 3. The van der Waals surface area contributed by atoms with E-state index in [9.17, 15) is 9.59 Å². The molecule has 0 unspecified atom stereocenters. The van der Waals surface area contributed by atoms with Crippen LogP contribution in [0.5, 0.6) is 5.75 Å². The van der Waals surface area contributed by atoms with Gasteiger partial charge < -0.3 is 14.2 Å². The molecule has 0 bridgehead atoms. The van der Waals surface area contributed by atoms with Crippen molar-refractivity contribution in [3.8, 4) is 5.75 Å². The Morgan fingerprint density at radius 1 is 1.13 bits per heavy atom. The lowest BCUT2D eigenvalue weighted by Crippen LogP contribution is -2.39. The third-order valence-corrected chi connectivity index (χ3v) is 5.86. The van der Waals surface area contributed by atoms with Crippen LogP contribution in [0, 0.1) is 6.92 Å². The van der Waals surface area contributed by atoms with Crippen molar-refractivity contribution in [1.29, 1.82) is 0 Å². The zero-order chi connectivity index (χ0) is 21.4. The first-order chi connectivity index (χ1) is 14.5. The average Bonchev–Trinajstić information content (AvgIpc) is 3.31. The van der Waals surface area contributed by atoms with Gasteiger partial charge in [-0.1, -0.05) is 32.3 Å². The van der Waals surface area contributed by atoms with Gasteiger partial charge in [-0.05, 0) is 31.0 Å². The summed E-state index contributed by atoms with van der Waals surface area (Å²) in [7, 11) is 3.33. The van der Waals surface area contributed by atoms with Crippen molar-refractivity contribution in [2.24, 2.45) is 7.05 Å². The predicted octanol–water partition coefficient (Wildman–Crippen LogP) is 2.95. The maximum Gasteiger partial charge on any atom is 0.332 e. The van der Waals surface area contributed by atoms with Crippen LogP contribution in [0.1, 0.15) is 38.2 Å². The van der Waals surface area contributed by atoms with Crippen molar-refractivity contribution in [3.63, 3.8) is 0 Å². The molecular weight excluding hydrogens is 382 g/mol. The van der Waals surface area contributed by atoms with Crippen molar-refractivity contribution in [2.45, 2.75) is 52.6 Å². The van der Waals surface area contributed by atoms with Crippen LogP contribution in [0.15, 0.2) is 27.8 Å². The van der Waals surface area contributed by atoms with Crippen molar-refractivity contribution < 1.29 is 4.74 Å². The number of ether oxygens (including phenoxy) is 1. The first-order valence-electron chi connectivity index (χ1n) is 10.6. The van der Waals surface area contributed by atoms with Gasteiger partial charge in [0.15, 0.2) is 11.2 Å². The highest BCUT2D eigenvalue weighted by molar-refractivity contribution is 5.79. The van der Waals surface area contributed by atoms with Gasteiger partial charge in [0.05, 0.1) is 12.8 Å². The first-order valence-corrected chi connectivity index (χ1v) is 10.6. The molecular formula is C22H29N5O3. The Kier molecular flexibility index (Phi) is 5.40. The van der Waals surface area contributed by atoms with E-state index >= 15 is 0 Å². The SMILES string of the molecule is CCCCCCn1c(=O)c2c(nc3n2CCN3c2cc(C)ccc2OC)n(C)c1=O. The molecule has 0 fully saturated rings. The van der Waals surface area contributed by atoms with E-state index < -0.39 is 0 Å². The summed E-state index contributed by atoms with van der Waals surface area (Å²) >= 11 is 0. The molecule has 0 N–H and O–H groups in total. The number of imidazole rings is 1. The molecule has 0 amide bonds. The number of aromatic nitrogens is 4. The minimum Gasteiger partial charge on any atom is -0.495 e. The molecule has 0 aliphatic carbocycles. The molecule has 0 saturated carbocycles. The Hall–Kier alpha value is -3.03. The average molecular weight is 412 g/mol. The predicted molar refractivity (Wildman–Crippen MR) is 118 cm³/mol. The van der Waals surface area contributed by atoms with Gasteiger partial charge in [-0.25, -0.2) is 4.79 Å². The Bertz CT molecular complexity index is 1200. The van der Waals surface area contributed by atoms with Crippen LogP contribution in [0.3, 0.4) is 0 Å². The van der Waals surface area contributed by atoms with Gasteiger partial charge in [-0.15, -0.1) is 0 Å². The fourth-order valence-corrected chi connectivity index (χ4v) is 4.21. The smallest absolute Gasteiger partial charge is 0.332 e. The third-order valence-electron chi connectivity index (χ3n) is 5.86. The van der Waals surface area contributed by atoms with Crippen LogP contribution in [0.4, 0.5) is 11.6 Å². The number of hydrogen-bond acceptors (Lipinski definition) is 5. The van der Waals surface area contributed by atoms with E-state index in [1.165, 1.54) is 9.13 Å². The lowest BCUT2D eigenvalue weighted by Gasteiger charge is -2.19. The highest BCUT2D eigenvalue weighted by Gasteiger charge is 2.30. The summed E-state index contributed by atoms with van der Waals surface area (Å²) in [6, 6.07) is 6.00. The van der Waals surface area contributed by atoms with Gasteiger partial charge in [-0.2, -0.15) is 4.98 Å². The Balaban J connectivity index is 1.83. The zero-order valence-corrected chi connectivity index (χ0v) is 18.1. The molecule has 0 saturated heterocycles. The van der Waals surface area contributed by atoms with E-state index in [2.05, 4.69) is 17.9 Å². The third kappa shape index (κ3) is 3.20. The van der Waals surface area contributed by atoms with Crippen LogP contribution in [0.2, 0.25) is 0 Å². The molecule has 3 aromatic rings. The number of rotatable bonds is 7. The van der Waals surface area contributed by atoms with Gasteiger partial charge in [0.1, 0.15) is 5.75 Å². The summed E-state index contributed by atoms with van der Waals surface area (Å²) < 4.78 is 10.3. The molecule has 30 heavy (non-hydrogen) atoms. The van der Waals surface area contributed by atoms with Gasteiger partial charge in [0, 0.05) is 26.7 Å². The Morgan fingerprint density at radius 2 is 1.93 bits per heavy atom. The van der Waals surface area contributed by atoms with E-state index in [1.807, 2.05) is 23.6 Å². The van der Waals surface area contributed by atoms with Crippen molar-refractivity contribution in [1.82, 2.24) is 18.7 Å². The summed E-state index contributed by atoms with van der Waals surface area (Å²) in [5.74, 6) is 1.42. The van der Waals surface area contributed by atoms with Gasteiger partial charge in [0.2, 0.25) is 5.95 Å². The van der Waals surface area contributed by atoms with Crippen LogP contribution < -0.4 is 20.9 Å². The number of fused-ring (bicyclic) bond motifs is 3. The van der Waals surface area contributed by atoms with E-state index in [0.717, 1.165) is 42.7 Å². The molecule has 1 aliphatic rings. The molecule has 0 atom stereocenters. The second-order valence-electron chi connectivity index (χ2n) is 7.92. The Morgan fingerprint density at radius 3 is 2.67 bits per heavy atom. The highest BCUT2D eigenvalue weighted by atomic mass is 16.5. The molecule has 3 heterocycles. The zero-order valence-electron chi connectivity index (χ0n) is 18.1. The quantitative estimate of drug-likeness (QED) is 0.559. The topological polar surface area (TPSA) is 74.3 Å². The van der Waals surface area contributed by atoms with E-state index in [4.69, 9.17) is 9.72 Å². The molecule has 1 aromatic carbocycles. The van der Waals surface area contributed by atoms with Crippen molar-refractivity contribution >= 4 is 22.8 Å². The molecule has 0 spiro atoms. The maximum atomic E-state index is 13.3. The fraction of sp³-hybridized carbons (Fsp3) is 0.500. The minimum absolute atomic E-state index is 0.249. The number of aryl methyl sites for hydroxylation is 2. The normalized spacial score (nSPS) is 13.3. The number of anilines is 2. The molecule has 4 rings (SSSR count). The number of benzene rings is 1. The summed E-state index contributed by atoms with van der Waals surface area (Å²) in [6.45, 7) is 5.94. The summed E-state index contributed by atoms with van der Waals surface area (Å²) in [6.07, 6.45) is 4.05. The first kappa shape index (κ1) is 20.3. The standard InChI is InChI=1S/C22H29N5O3/c1-5-6-7-8-11-27-20(28)18-19(24(3)22(27)29)23-21-25(12-13-26(18)21)16-14-15(2)9-10-17(16)30-4/h9-10,14H,5-8,11-13H2,1-4H3. The maximum absolute atomic E-state index is 13.3. The second kappa shape index (κ2) is 8.01. The molecule has 8 nitrogen and oxygen atoms in total. The van der Waals surface area contributed by atoms with E-state index in [-0.39, 0.29) is 11.2 Å². The van der Waals surface area contributed by atoms with Crippen LogP contribution in [0.25, 0.3) is 11.2 Å². The number of nitrogens with zero attached hydrogens (tertiary/aromatic N) is 5. The summed E-state index contributed by atoms with van der Waals surface area (Å²) in [5, 5.41) is 0. The fourth-order valence-electron chi connectivity index (χ4n) is 4.21. The molecule has 1 aliphatic heterocycles. The van der Waals surface area contributed by atoms with Crippen molar-refractivity contribution in [3.05, 3.63) is 44.6 Å². The van der Waals surface area contributed by atoms with Crippen LogP contribution in [-0.4, -0.2) is 32.3 Å². The Labute approximate surface area is 175 Å². The molecule has 160 valence electrons. The van der Waals surface area contributed by atoms with Crippen LogP contribution in [-0.2, 0) is 20.1 Å². The largest absolute Gasteiger partial charge is 0.495 e. The summed E-state index contributed by atoms with van der Waals surface area (Å²) in [4.78, 5) is 32.9. The second-order valence-corrected chi connectivity index (χ2v) is 7.92. The molecule has 2 aromatic heterocycles. The minimum atomic E-state index is -0.305. The number of hydrogen-bond donors (Lipinski definition) is 0. The molecule has 0 radical (unpaired) electrons. The van der Waals surface area contributed by atoms with E-state index in [0.29, 0.717) is 36.7 Å². The van der Waals surface area contributed by atoms with Crippen LogP contribution >= 0.6 is 0 Å². The van der Waals surface area contributed by atoms with Gasteiger partial charge in [-0.3, -0.25) is 13.9 Å². The van der Waals surface area contributed by atoms with E-state index in [1.54, 1.807) is 14.2 Å². The number of methoxy groups -OCH3 is 1. The lowest BCUT2D eigenvalue weighted by molar-refractivity contribution is 0.415. The molecule has 8 heteroatoms. The highest BCUT2D eigenvalue weighted by Crippen LogP contribution is 2.37. The van der Waals surface area contributed by atoms with Crippen molar-refractivity contribution in [2.75, 3.05) is 18.6 Å². The van der Waals surface area contributed by atoms with Gasteiger partial charge >= 0.3 is 5.69 Å². The monoisotopic (exact) mass is 411 g/mol. The van der Waals surface area contributed by atoms with Gasteiger partial charge in [0.25, 0.3) is 5.56 Å². The summed E-state index contributed by atoms with van der Waals surface area (Å²) in [5.41, 5.74) is 2.40. The lowest BCUT2D eigenvalue weighted by atomic mass is 10.2.